The summed E-state index contributed by atoms with van der Waals surface area (Å²) >= 11 is 0. The molecule has 14 heavy (non-hydrogen) atoms. The molecular formula is C7H9F4N3. The van der Waals surface area contributed by atoms with E-state index in [1.807, 2.05) is 0 Å². The summed E-state index contributed by atoms with van der Waals surface area (Å²) in [6.45, 7) is -0.0103. The highest BCUT2D eigenvalue weighted by Crippen LogP contribution is 2.34. The van der Waals surface area contributed by atoms with E-state index >= 15 is 0 Å². The quantitative estimate of drug-likeness (QED) is 0.749. The number of nitrogens with two attached hydrogens (primary N) is 1. The highest BCUT2D eigenvalue weighted by Gasteiger charge is 2.37. The number of nitrogens with one attached hydrogen (secondary N) is 1. The largest absolute Gasteiger partial charge is 0.433 e. The maximum absolute atomic E-state index is 13.1. The van der Waals surface area contributed by atoms with E-state index in [1.54, 1.807) is 5.10 Å². The fourth-order valence-electron chi connectivity index (χ4n) is 1.06. The van der Waals surface area contributed by atoms with Crippen LogP contribution in [0.2, 0.25) is 0 Å². The molecule has 80 valence electrons. The summed E-state index contributed by atoms with van der Waals surface area (Å²) in [6.07, 6.45) is -5.65. The number of hydrogen-bond donors (Lipinski definition) is 2. The number of halogens is 4. The predicted molar refractivity (Wildman–Crippen MR) is 41.1 cm³/mol. The van der Waals surface area contributed by atoms with Crippen molar-refractivity contribution in [3.63, 3.8) is 0 Å². The van der Waals surface area contributed by atoms with Crippen LogP contribution < -0.4 is 5.73 Å². The number of H-pyrrole nitrogens is 1. The summed E-state index contributed by atoms with van der Waals surface area (Å²) in [5.74, 6) is 0. The summed E-state index contributed by atoms with van der Waals surface area (Å²) in [5, 5.41) is 4.90. The molecule has 0 bridgehead atoms. The van der Waals surface area contributed by atoms with Crippen molar-refractivity contribution in [2.75, 3.05) is 6.54 Å². The first kappa shape index (κ1) is 11.0. The molecule has 0 aliphatic carbocycles. The molecule has 0 saturated heterocycles. The van der Waals surface area contributed by atoms with E-state index in [2.05, 4.69) is 5.10 Å². The number of aromatic nitrogens is 2. The number of hydrogen-bond acceptors (Lipinski definition) is 2. The number of nitrogens with zero attached hydrogens (tertiary/aromatic N) is 1. The van der Waals surface area contributed by atoms with Gasteiger partial charge in [-0.15, -0.1) is 0 Å². The standard InChI is InChI=1S/C7H9F4N3/c8-5(1-2-12)4-3-13-14-6(4)7(9,10)11/h3,5H,1-2,12H2,(H,13,14). The third-order valence-corrected chi connectivity index (χ3v) is 1.71. The summed E-state index contributed by atoms with van der Waals surface area (Å²) in [4.78, 5) is 0. The van der Waals surface area contributed by atoms with Gasteiger partial charge in [-0.3, -0.25) is 5.10 Å². The summed E-state index contributed by atoms with van der Waals surface area (Å²) in [7, 11) is 0. The van der Waals surface area contributed by atoms with Crippen LogP contribution in [0.1, 0.15) is 23.8 Å². The Balaban J connectivity index is 2.93. The monoisotopic (exact) mass is 211 g/mol. The van der Waals surface area contributed by atoms with Crippen LogP contribution in [-0.2, 0) is 6.18 Å². The molecule has 1 atom stereocenters. The molecule has 0 aliphatic rings. The van der Waals surface area contributed by atoms with Crippen molar-refractivity contribution in [3.8, 4) is 0 Å². The molecule has 0 fully saturated rings. The smallest absolute Gasteiger partial charge is 0.330 e. The van der Waals surface area contributed by atoms with Gasteiger partial charge >= 0.3 is 6.18 Å². The average molecular weight is 211 g/mol. The van der Waals surface area contributed by atoms with Crippen LogP contribution in [0.3, 0.4) is 0 Å². The van der Waals surface area contributed by atoms with E-state index in [9.17, 15) is 17.6 Å². The van der Waals surface area contributed by atoms with Crippen molar-refractivity contribution in [2.24, 2.45) is 5.73 Å². The lowest BCUT2D eigenvalue weighted by molar-refractivity contribution is -0.142. The van der Waals surface area contributed by atoms with Crippen LogP contribution in [0.15, 0.2) is 6.20 Å². The molecule has 7 heteroatoms. The van der Waals surface area contributed by atoms with Gasteiger partial charge in [-0.2, -0.15) is 18.3 Å². The molecule has 1 aromatic rings. The third kappa shape index (κ3) is 2.22. The molecule has 0 saturated carbocycles. The van der Waals surface area contributed by atoms with Crippen molar-refractivity contribution in [1.82, 2.24) is 10.2 Å². The Morgan fingerprint density at radius 2 is 2.14 bits per heavy atom. The second kappa shape index (κ2) is 3.95. The van der Waals surface area contributed by atoms with Crippen LogP contribution in [-0.4, -0.2) is 16.7 Å². The van der Waals surface area contributed by atoms with Crippen LogP contribution in [0.5, 0.6) is 0 Å². The van der Waals surface area contributed by atoms with Crippen LogP contribution >= 0.6 is 0 Å². The first-order chi connectivity index (χ1) is 6.46. The summed E-state index contributed by atoms with van der Waals surface area (Å²) < 4.78 is 49.8. The zero-order valence-corrected chi connectivity index (χ0v) is 7.11. The molecule has 3 nitrogen and oxygen atoms in total. The van der Waals surface area contributed by atoms with E-state index in [1.165, 1.54) is 0 Å². The lowest BCUT2D eigenvalue weighted by Gasteiger charge is -2.09. The minimum atomic E-state index is -4.61. The van der Waals surface area contributed by atoms with Gasteiger partial charge in [0.05, 0.1) is 6.20 Å². The molecule has 1 rings (SSSR count). The van der Waals surface area contributed by atoms with Gasteiger partial charge in [0.2, 0.25) is 0 Å². The normalized spacial score (nSPS) is 14.4. The van der Waals surface area contributed by atoms with Crippen molar-refractivity contribution in [3.05, 3.63) is 17.5 Å². The van der Waals surface area contributed by atoms with Crippen LogP contribution in [0.4, 0.5) is 17.6 Å². The van der Waals surface area contributed by atoms with E-state index in [-0.39, 0.29) is 13.0 Å². The fourth-order valence-corrected chi connectivity index (χ4v) is 1.06. The zero-order valence-electron chi connectivity index (χ0n) is 7.11. The second-order valence-electron chi connectivity index (χ2n) is 2.74. The lowest BCUT2D eigenvalue weighted by atomic mass is 10.1. The molecule has 0 radical (unpaired) electrons. The minimum absolute atomic E-state index is 0.0103. The van der Waals surface area contributed by atoms with Gasteiger partial charge in [-0.05, 0) is 13.0 Å². The molecule has 0 aromatic carbocycles. The summed E-state index contributed by atoms with van der Waals surface area (Å²) in [6, 6.07) is 0. The molecule has 0 spiro atoms. The molecule has 3 N–H and O–H groups in total. The van der Waals surface area contributed by atoms with Crippen molar-refractivity contribution in [1.29, 1.82) is 0 Å². The molecule has 1 aromatic heterocycles. The maximum atomic E-state index is 13.1. The van der Waals surface area contributed by atoms with E-state index in [0.717, 1.165) is 6.20 Å². The Bertz CT molecular complexity index is 293. The molecule has 1 heterocycles. The molecule has 0 amide bonds. The topological polar surface area (TPSA) is 54.7 Å². The second-order valence-corrected chi connectivity index (χ2v) is 2.74. The zero-order chi connectivity index (χ0) is 10.8. The minimum Gasteiger partial charge on any atom is -0.330 e. The third-order valence-electron chi connectivity index (χ3n) is 1.71. The van der Waals surface area contributed by atoms with Crippen molar-refractivity contribution in [2.45, 2.75) is 18.8 Å². The Labute approximate surface area is 77.3 Å². The number of alkyl halides is 4. The van der Waals surface area contributed by atoms with Crippen molar-refractivity contribution < 1.29 is 17.6 Å². The van der Waals surface area contributed by atoms with Gasteiger partial charge in [-0.1, -0.05) is 0 Å². The van der Waals surface area contributed by atoms with Crippen molar-refractivity contribution >= 4 is 0 Å². The van der Waals surface area contributed by atoms with Gasteiger partial charge in [-0.25, -0.2) is 4.39 Å². The molecule has 0 aliphatic heterocycles. The average Bonchev–Trinajstić information content (AvgIpc) is 2.50. The Morgan fingerprint density at radius 3 is 2.64 bits per heavy atom. The Morgan fingerprint density at radius 1 is 1.50 bits per heavy atom. The fraction of sp³-hybridized carbons (Fsp3) is 0.571. The van der Waals surface area contributed by atoms with Crippen LogP contribution in [0.25, 0.3) is 0 Å². The highest BCUT2D eigenvalue weighted by atomic mass is 19.4. The van der Waals surface area contributed by atoms with E-state index in [0.29, 0.717) is 0 Å². The van der Waals surface area contributed by atoms with Gasteiger partial charge in [0.15, 0.2) is 0 Å². The molecule has 1 unspecified atom stereocenters. The van der Waals surface area contributed by atoms with Crippen LogP contribution in [0, 0.1) is 0 Å². The highest BCUT2D eigenvalue weighted by molar-refractivity contribution is 5.21. The van der Waals surface area contributed by atoms with Gasteiger partial charge < -0.3 is 5.73 Å². The molecular weight excluding hydrogens is 202 g/mol. The Hall–Kier alpha value is -1.11. The first-order valence-corrected chi connectivity index (χ1v) is 3.91. The van der Waals surface area contributed by atoms with E-state index in [4.69, 9.17) is 5.73 Å². The lowest BCUT2D eigenvalue weighted by Crippen LogP contribution is -2.11. The van der Waals surface area contributed by atoms with Gasteiger partial charge in [0, 0.05) is 5.56 Å². The van der Waals surface area contributed by atoms with E-state index < -0.39 is 23.6 Å². The Kier molecular flexibility index (Phi) is 3.10. The predicted octanol–water partition coefficient (Wildman–Crippen LogP) is 1.79. The summed E-state index contributed by atoms with van der Waals surface area (Å²) in [5.41, 5.74) is 3.42. The maximum Gasteiger partial charge on any atom is 0.433 e. The SMILES string of the molecule is NCCC(F)c1cn[nH]c1C(F)(F)F. The first-order valence-electron chi connectivity index (χ1n) is 3.91. The van der Waals surface area contributed by atoms with Gasteiger partial charge in [0.1, 0.15) is 11.9 Å². The number of aromatic amines is 1. The van der Waals surface area contributed by atoms with Gasteiger partial charge in [0.25, 0.3) is 0 Å². The number of rotatable bonds is 3.